The second-order valence-corrected chi connectivity index (χ2v) is 9.25. The predicted molar refractivity (Wildman–Crippen MR) is 141 cm³/mol. The zero-order chi connectivity index (χ0) is 25.5. The number of hydrogen-bond acceptors (Lipinski definition) is 4. The van der Waals surface area contributed by atoms with Crippen LogP contribution in [0, 0.1) is 5.82 Å². The number of rotatable bonds is 11. The van der Waals surface area contributed by atoms with Gasteiger partial charge >= 0.3 is 0 Å². The largest absolute Gasteiger partial charge is 0.439 e. The smallest absolute Gasteiger partial charge is 0.227 e. The van der Waals surface area contributed by atoms with Crippen LogP contribution in [0.4, 0.5) is 4.39 Å². The highest BCUT2D eigenvalue weighted by molar-refractivity contribution is 5.43. The van der Waals surface area contributed by atoms with Gasteiger partial charge in [-0.2, -0.15) is 5.10 Å². The van der Waals surface area contributed by atoms with Gasteiger partial charge in [-0.15, -0.1) is 0 Å². The van der Waals surface area contributed by atoms with Gasteiger partial charge in [0, 0.05) is 19.1 Å². The first-order valence-electron chi connectivity index (χ1n) is 12.5. The van der Waals surface area contributed by atoms with Crippen molar-refractivity contribution in [2.45, 2.75) is 52.3 Å². The Kier molecular flexibility index (Phi) is 8.52. The Morgan fingerprint density at radius 3 is 2.19 bits per heavy atom. The Morgan fingerprint density at radius 1 is 0.944 bits per heavy atom. The quantitative estimate of drug-likeness (QED) is 0.274. The van der Waals surface area contributed by atoms with Gasteiger partial charge < -0.3 is 9.84 Å². The van der Waals surface area contributed by atoms with Crippen LogP contribution in [0.5, 0.6) is 11.6 Å². The molecule has 0 radical (unpaired) electrons. The number of benzene rings is 3. The van der Waals surface area contributed by atoms with Crippen LogP contribution in [-0.4, -0.2) is 38.5 Å². The van der Waals surface area contributed by atoms with Crippen molar-refractivity contribution in [3.05, 3.63) is 108 Å². The molecule has 6 heteroatoms. The summed E-state index contributed by atoms with van der Waals surface area (Å²) in [4.78, 5) is 2.25. The van der Waals surface area contributed by atoms with Crippen LogP contribution in [-0.2, 0) is 19.4 Å². The minimum absolute atomic E-state index is 0.193. The molecule has 1 N–H and O–H groups in total. The summed E-state index contributed by atoms with van der Waals surface area (Å²) in [6, 6.07) is 26.1. The van der Waals surface area contributed by atoms with E-state index < -0.39 is 6.10 Å². The Bertz CT molecular complexity index is 1220. The number of aromatic nitrogens is 2. The first kappa shape index (κ1) is 25.6. The maximum absolute atomic E-state index is 13.5. The normalized spacial score (nSPS) is 12.3. The van der Waals surface area contributed by atoms with Crippen molar-refractivity contribution in [3.63, 3.8) is 0 Å². The minimum atomic E-state index is -0.509. The molecule has 1 unspecified atom stereocenters. The lowest BCUT2D eigenvalue weighted by atomic mass is 10.1. The van der Waals surface area contributed by atoms with Gasteiger partial charge in [0.1, 0.15) is 11.6 Å². The van der Waals surface area contributed by atoms with E-state index in [0.717, 1.165) is 28.9 Å². The molecule has 5 nitrogen and oxygen atoms in total. The molecule has 0 aliphatic heterocycles. The Hall–Kier alpha value is -3.48. The number of ether oxygens (including phenoxy) is 1. The van der Waals surface area contributed by atoms with Gasteiger partial charge in [0.25, 0.3) is 0 Å². The van der Waals surface area contributed by atoms with Crippen molar-refractivity contribution in [2.75, 3.05) is 6.54 Å². The molecule has 0 saturated carbocycles. The van der Waals surface area contributed by atoms with Gasteiger partial charge in [0.05, 0.1) is 23.0 Å². The van der Waals surface area contributed by atoms with Crippen LogP contribution >= 0.6 is 0 Å². The zero-order valence-electron chi connectivity index (χ0n) is 21.1. The monoisotopic (exact) mass is 487 g/mol. The molecule has 3 aromatic carbocycles. The first-order valence-corrected chi connectivity index (χ1v) is 12.5. The fourth-order valence-electron chi connectivity index (χ4n) is 4.27. The summed E-state index contributed by atoms with van der Waals surface area (Å²) < 4.78 is 21.7. The molecule has 0 spiro atoms. The second kappa shape index (κ2) is 12.0. The number of halogens is 1. The van der Waals surface area contributed by atoms with Crippen LogP contribution in [0.1, 0.15) is 37.6 Å². The summed E-state index contributed by atoms with van der Waals surface area (Å²) in [6.45, 7) is 7.41. The fraction of sp³-hybridized carbons (Fsp3) is 0.300. The number of para-hydroxylation sites is 1. The second-order valence-electron chi connectivity index (χ2n) is 9.25. The van der Waals surface area contributed by atoms with Gasteiger partial charge in [-0.3, -0.25) is 4.90 Å². The number of aliphatic hydroxyl groups excluding tert-OH is 1. The van der Waals surface area contributed by atoms with Crippen molar-refractivity contribution in [3.8, 4) is 17.3 Å². The lowest BCUT2D eigenvalue weighted by Crippen LogP contribution is -2.38. The zero-order valence-corrected chi connectivity index (χ0v) is 21.1. The lowest BCUT2D eigenvalue weighted by Gasteiger charge is -2.29. The topological polar surface area (TPSA) is 50.5 Å². The van der Waals surface area contributed by atoms with Crippen LogP contribution < -0.4 is 4.74 Å². The fourth-order valence-corrected chi connectivity index (χ4v) is 4.27. The molecule has 0 fully saturated rings. The van der Waals surface area contributed by atoms with Crippen molar-refractivity contribution in [1.29, 1.82) is 0 Å². The molecule has 1 aromatic heterocycles. The lowest BCUT2D eigenvalue weighted by molar-refractivity contribution is 0.0902. The van der Waals surface area contributed by atoms with Gasteiger partial charge in [-0.05, 0) is 68.7 Å². The molecule has 0 aliphatic carbocycles. The summed E-state index contributed by atoms with van der Waals surface area (Å²) in [5.41, 5.74) is 3.89. The summed E-state index contributed by atoms with van der Waals surface area (Å²) in [5.74, 6) is 0.831. The molecule has 4 rings (SSSR count). The van der Waals surface area contributed by atoms with E-state index in [0.29, 0.717) is 31.1 Å². The average Bonchev–Trinajstić information content (AvgIpc) is 3.23. The van der Waals surface area contributed by atoms with E-state index in [1.54, 1.807) is 12.1 Å². The SMILES string of the molecule is CCc1nn(-c2ccccc2)c(Oc2ccc(F)cc2)c1CN(CC(O)Cc1ccccc1)C(C)C. The van der Waals surface area contributed by atoms with E-state index in [9.17, 15) is 9.50 Å². The van der Waals surface area contributed by atoms with Crippen molar-refractivity contribution in [2.24, 2.45) is 0 Å². The standard InChI is InChI=1S/C30H34FN3O2/c1-4-29-28(21-33(22(2)3)20-26(35)19-23-11-7-5-8-12-23)30(36-27-17-15-24(31)16-18-27)34(32-29)25-13-9-6-10-14-25/h5-18,22,26,35H,4,19-21H2,1-3H3. The van der Waals surface area contributed by atoms with Crippen LogP contribution in [0.3, 0.4) is 0 Å². The molecule has 188 valence electrons. The van der Waals surface area contributed by atoms with Gasteiger partial charge in [-0.1, -0.05) is 55.5 Å². The molecular formula is C30H34FN3O2. The predicted octanol–water partition coefficient (Wildman–Crippen LogP) is 6.18. The summed E-state index contributed by atoms with van der Waals surface area (Å²) in [7, 11) is 0. The summed E-state index contributed by atoms with van der Waals surface area (Å²) in [6.07, 6.45) is 0.811. The van der Waals surface area contributed by atoms with Gasteiger partial charge in [0.2, 0.25) is 5.88 Å². The van der Waals surface area contributed by atoms with Crippen molar-refractivity contribution >= 4 is 0 Å². The Morgan fingerprint density at radius 2 is 1.58 bits per heavy atom. The molecule has 36 heavy (non-hydrogen) atoms. The third kappa shape index (κ3) is 6.39. The summed E-state index contributed by atoms with van der Waals surface area (Å²) >= 11 is 0. The molecule has 1 heterocycles. The molecule has 0 bridgehead atoms. The Labute approximate surface area is 212 Å². The van der Waals surface area contributed by atoms with Crippen LogP contribution in [0.2, 0.25) is 0 Å². The average molecular weight is 488 g/mol. The Balaban J connectivity index is 1.67. The molecule has 4 aromatic rings. The third-order valence-electron chi connectivity index (χ3n) is 6.23. The first-order chi connectivity index (χ1) is 17.4. The molecule has 1 atom stereocenters. The van der Waals surface area contributed by atoms with Crippen LogP contribution in [0.15, 0.2) is 84.9 Å². The molecule has 0 aliphatic rings. The summed E-state index contributed by atoms with van der Waals surface area (Å²) in [5, 5.41) is 15.8. The number of aryl methyl sites for hydroxylation is 1. The number of nitrogens with zero attached hydrogens (tertiary/aromatic N) is 3. The highest BCUT2D eigenvalue weighted by Crippen LogP contribution is 2.32. The number of hydrogen-bond donors (Lipinski definition) is 1. The minimum Gasteiger partial charge on any atom is -0.439 e. The van der Waals surface area contributed by atoms with E-state index in [1.165, 1.54) is 12.1 Å². The van der Waals surface area contributed by atoms with Crippen molar-refractivity contribution < 1.29 is 14.2 Å². The molecule has 0 amide bonds. The van der Waals surface area contributed by atoms with Gasteiger partial charge in [-0.25, -0.2) is 9.07 Å². The van der Waals surface area contributed by atoms with E-state index in [4.69, 9.17) is 9.84 Å². The third-order valence-corrected chi connectivity index (χ3v) is 6.23. The van der Waals surface area contributed by atoms with Crippen molar-refractivity contribution in [1.82, 2.24) is 14.7 Å². The van der Waals surface area contributed by atoms with E-state index in [-0.39, 0.29) is 11.9 Å². The maximum atomic E-state index is 13.5. The van der Waals surface area contributed by atoms with Crippen LogP contribution in [0.25, 0.3) is 5.69 Å². The maximum Gasteiger partial charge on any atom is 0.227 e. The van der Waals surface area contributed by atoms with E-state index >= 15 is 0 Å². The molecular weight excluding hydrogens is 453 g/mol. The molecule has 0 saturated heterocycles. The highest BCUT2D eigenvalue weighted by atomic mass is 19.1. The van der Waals surface area contributed by atoms with Gasteiger partial charge in [0.15, 0.2) is 0 Å². The number of aliphatic hydroxyl groups is 1. The van der Waals surface area contributed by atoms with E-state index in [2.05, 4.69) is 25.7 Å². The highest BCUT2D eigenvalue weighted by Gasteiger charge is 2.25. The van der Waals surface area contributed by atoms with E-state index in [1.807, 2.05) is 65.3 Å².